The van der Waals surface area contributed by atoms with Crippen molar-refractivity contribution in [2.24, 2.45) is 0 Å². The van der Waals surface area contributed by atoms with Gasteiger partial charge in [0.15, 0.2) is 0 Å². The number of nitrogens with two attached hydrogens (primary N) is 1. The maximum absolute atomic E-state index is 13.2. The SMILES string of the molecule is C#CC(CC)NS(=O)(=O)c1ccc(N)c(F)c1. The van der Waals surface area contributed by atoms with Crippen LogP contribution in [0.5, 0.6) is 0 Å². The molecule has 0 spiro atoms. The van der Waals surface area contributed by atoms with Crippen LogP contribution in [0.4, 0.5) is 10.1 Å². The van der Waals surface area contributed by atoms with E-state index in [2.05, 4.69) is 10.6 Å². The number of rotatable bonds is 4. The molecule has 92 valence electrons. The lowest BCUT2D eigenvalue weighted by Crippen LogP contribution is -2.33. The standard InChI is InChI=1S/C11H13FN2O2S/c1-3-8(4-2)14-17(15,16)9-5-6-11(13)10(12)7-9/h1,5-8,14H,4,13H2,2H3. The molecule has 0 radical (unpaired) electrons. The van der Waals surface area contributed by atoms with E-state index in [1.165, 1.54) is 12.1 Å². The van der Waals surface area contributed by atoms with Crippen LogP contribution in [0.15, 0.2) is 23.1 Å². The predicted octanol–water partition coefficient (Wildman–Crippen LogP) is 1.10. The Bertz CT molecular complexity index is 549. The average Bonchev–Trinajstić information content (AvgIpc) is 2.29. The number of halogens is 1. The third-order valence-corrected chi connectivity index (χ3v) is 3.66. The van der Waals surface area contributed by atoms with Crippen LogP contribution < -0.4 is 10.5 Å². The van der Waals surface area contributed by atoms with Crippen LogP contribution in [0.25, 0.3) is 0 Å². The molecular formula is C11H13FN2O2S. The van der Waals surface area contributed by atoms with Gasteiger partial charge in [0.2, 0.25) is 10.0 Å². The van der Waals surface area contributed by atoms with Gasteiger partial charge in [0.05, 0.1) is 16.6 Å². The van der Waals surface area contributed by atoms with E-state index in [1.54, 1.807) is 6.92 Å². The van der Waals surface area contributed by atoms with E-state index in [0.29, 0.717) is 6.42 Å². The maximum atomic E-state index is 13.2. The van der Waals surface area contributed by atoms with Gasteiger partial charge >= 0.3 is 0 Å². The molecule has 0 heterocycles. The average molecular weight is 256 g/mol. The van der Waals surface area contributed by atoms with Crippen LogP contribution in [0.1, 0.15) is 13.3 Å². The normalized spacial score (nSPS) is 13.0. The van der Waals surface area contributed by atoms with E-state index in [9.17, 15) is 12.8 Å². The summed E-state index contributed by atoms with van der Waals surface area (Å²) in [5.41, 5.74) is 5.16. The minimum Gasteiger partial charge on any atom is -0.396 e. The quantitative estimate of drug-likeness (QED) is 0.626. The molecule has 1 aromatic rings. The summed E-state index contributed by atoms with van der Waals surface area (Å²) >= 11 is 0. The van der Waals surface area contributed by atoms with Crippen LogP contribution in [0, 0.1) is 18.2 Å². The Balaban J connectivity index is 3.06. The van der Waals surface area contributed by atoms with Crippen molar-refractivity contribution in [1.29, 1.82) is 0 Å². The number of anilines is 1. The van der Waals surface area contributed by atoms with Crippen LogP contribution >= 0.6 is 0 Å². The number of benzene rings is 1. The van der Waals surface area contributed by atoms with Gasteiger partial charge in [0, 0.05) is 0 Å². The molecule has 3 N–H and O–H groups in total. The number of hydrogen-bond donors (Lipinski definition) is 2. The number of nitrogen functional groups attached to an aromatic ring is 1. The first-order valence-corrected chi connectivity index (χ1v) is 6.42. The minimum absolute atomic E-state index is 0.104. The summed E-state index contributed by atoms with van der Waals surface area (Å²) in [7, 11) is -3.81. The monoisotopic (exact) mass is 256 g/mol. The van der Waals surface area contributed by atoms with E-state index >= 15 is 0 Å². The summed E-state index contributed by atoms with van der Waals surface area (Å²) in [6.45, 7) is 1.75. The van der Waals surface area contributed by atoms with Crippen molar-refractivity contribution in [2.45, 2.75) is 24.3 Å². The van der Waals surface area contributed by atoms with Gasteiger partial charge in [-0.2, -0.15) is 4.72 Å². The molecule has 0 aromatic heterocycles. The van der Waals surface area contributed by atoms with Gasteiger partial charge in [0.1, 0.15) is 5.82 Å². The van der Waals surface area contributed by atoms with Gasteiger partial charge in [-0.1, -0.05) is 12.8 Å². The summed E-state index contributed by atoms with van der Waals surface area (Å²) in [6.07, 6.45) is 5.60. The second kappa shape index (κ2) is 5.17. The third kappa shape index (κ3) is 3.19. The highest BCUT2D eigenvalue weighted by atomic mass is 32.2. The first-order chi connectivity index (χ1) is 7.90. The molecule has 0 aliphatic carbocycles. The summed E-state index contributed by atoms with van der Waals surface area (Å²) in [5.74, 6) is 1.52. The number of nitrogens with one attached hydrogen (secondary N) is 1. The van der Waals surface area contributed by atoms with Gasteiger partial charge in [-0.25, -0.2) is 12.8 Å². The van der Waals surface area contributed by atoms with Crippen molar-refractivity contribution in [3.05, 3.63) is 24.0 Å². The van der Waals surface area contributed by atoms with Crippen molar-refractivity contribution in [3.8, 4) is 12.3 Å². The Morgan fingerprint density at radius 3 is 2.71 bits per heavy atom. The van der Waals surface area contributed by atoms with Crippen molar-refractivity contribution < 1.29 is 12.8 Å². The molecule has 6 heteroatoms. The summed E-state index contributed by atoms with van der Waals surface area (Å²) in [5, 5.41) is 0. The molecule has 1 unspecified atom stereocenters. The van der Waals surface area contributed by atoms with Crippen molar-refractivity contribution in [1.82, 2.24) is 4.72 Å². The van der Waals surface area contributed by atoms with Crippen LogP contribution in [-0.2, 0) is 10.0 Å². The molecule has 0 saturated carbocycles. The Morgan fingerprint density at radius 1 is 1.59 bits per heavy atom. The highest BCUT2D eigenvalue weighted by Gasteiger charge is 2.18. The molecule has 1 atom stereocenters. The second-order valence-electron chi connectivity index (χ2n) is 3.43. The van der Waals surface area contributed by atoms with E-state index in [-0.39, 0.29) is 10.6 Å². The molecule has 0 amide bonds. The van der Waals surface area contributed by atoms with Crippen LogP contribution in [-0.4, -0.2) is 14.5 Å². The fourth-order valence-electron chi connectivity index (χ4n) is 1.17. The van der Waals surface area contributed by atoms with E-state index in [1.807, 2.05) is 0 Å². The molecule has 0 aliphatic rings. The largest absolute Gasteiger partial charge is 0.396 e. The minimum atomic E-state index is -3.81. The first kappa shape index (κ1) is 13.5. The molecule has 0 fully saturated rings. The van der Waals surface area contributed by atoms with E-state index < -0.39 is 21.9 Å². The molecule has 0 bridgehead atoms. The zero-order chi connectivity index (χ0) is 13.1. The lowest BCUT2D eigenvalue weighted by molar-refractivity contribution is 0.567. The van der Waals surface area contributed by atoms with Gasteiger partial charge < -0.3 is 5.73 Å². The van der Waals surface area contributed by atoms with Crippen molar-refractivity contribution in [3.63, 3.8) is 0 Å². The molecular weight excluding hydrogens is 243 g/mol. The Labute approximate surface area is 100 Å². The maximum Gasteiger partial charge on any atom is 0.241 e. The number of sulfonamides is 1. The Kier molecular flexibility index (Phi) is 4.10. The molecule has 0 aliphatic heterocycles. The van der Waals surface area contributed by atoms with Gasteiger partial charge in [-0.05, 0) is 24.6 Å². The second-order valence-corrected chi connectivity index (χ2v) is 5.15. The zero-order valence-corrected chi connectivity index (χ0v) is 10.1. The van der Waals surface area contributed by atoms with Crippen molar-refractivity contribution >= 4 is 15.7 Å². The topological polar surface area (TPSA) is 72.2 Å². The lowest BCUT2D eigenvalue weighted by Gasteiger charge is -2.11. The summed E-state index contributed by atoms with van der Waals surface area (Å²) in [6, 6.07) is 2.67. The summed E-state index contributed by atoms with van der Waals surface area (Å²) < 4.78 is 39.1. The molecule has 1 rings (SSSR count). The summed E-state index contributed by atoms with van der Waals surface area (Å²) in [4.78, 5) is -0.196. The first-order valence-electron chi connectivity index (χ1n) is 4.94. The zero-order valence-electron chi connectivity index (χ0n) is 9.27. The molecule has 17 heavy (non-hydrogen) atoms. The third-order valence-electron chi connectivity index (χ3n) is 2.19. The van der Waals surface area contributed by atoms with Gasteiger partial charge in [-0.15, -0.1) is 6.42 Å². The number of hydrogen-bond acceptors (Lipinski definition) is 3. The van der Waals surface area contributed by atoms with Crippen molar-refractivity contribution in [2.75, 3.05) is 5.73 Å². The van der Waals surface area contributed by atoms with E-state index in [4.69, 9.17) is 12.2 Å². The van der Waals surface area contributed by atoms with E-state index in [0.717, 1.165) is 6.07 Å². The highest BCUT2D eigenvalue weighted by molar-refractivity contribution is 7.89. The molecule has 0 saturated heterocycles. The Morgan fingerprint density at radius 2 is 2.24 bits per heavy atom. The molecule has 4 nitrogen and oxygen atoms in total. The smallest absolute Gasteiger partial charge is 0.241 e. The fraction of sp³-hybridized carbons (Fsp3) is 0.273. The molecule has 1 aromatic carbocycles. The highest BCUT2D eigenvalue weighted by Crippen LogP contribution is 2.16. The lowest BCUT2D eigenvalue weighted by atomic mass is 10.3. The fourth-order valence-corrected chi connectivity index (χ4v) is 2.42. The van der Waals surface area contributed by atoms with Crippen LogP contribution in [0.2, 0.25) is 0 Å². The van der Waals surface area contributed by atoms with Gasteiger partial charge in [0.25, 0.3) is 0 Å². The number of terminal acetylenes is 1. The van der Waals surface area contributed by atoms with Gasteiger partial charge in [-0.3, -0.25) is 0 Å². The predicted molar refractivity (Wildman–Crippen MR) is 64.0 cm³/mol. The Hall–Kier alpha value is -1.58. The van der Waals surface area contributed by atoms with Crippen LogP contribution in [0.3, 0.4) is 0 Å².